The van der Waals surface area contributed by atoms with Crippen LogP contribution in [0.3, 0.4) is 0 Å². The standard InChI is InChI=1S/C18H14Cl4FNO4/c1-27-18(28-2)16(21)10-11(17(18,22)13(20)12(16)19)15(26)24(14(10)25)7-8-3-5-9(23)6-4-8/h3-6,10-11H,7H2,1-2H3/t10-,11+,16+,17-. The summed E-state index contributed by atoms with van der Waals surface area (Å²) in [7, 11) is 2.59. The van der Waals surface area contributed by atoms with Gasteiger partial charge in [-0.25, -0.2) is 4.39 Å². The topological polar surface area (TPSA) is 55.8 Å². The first-order valence-electron chi connectivity index (χ1n) is 8.25. The van der Waals surface area contributed by atoms with Crippen molar-refractivity contribution in [2.75, 3.05) is 14.2 Å². The van der Waals surface area contributed by atoms with E-state index in [1.54, 1.807) is 0 Å². The van der Waals surface area contributed by atoms with Gasteiger partial charge in [0.05, 0.1) is 28.4 Å². The Balaban J connectivity index is 1.81. The molecule has 1 aromatic carbocycles. The van der Waals surface area contributed by atoms with Crippen LogP contribution in [0.2, 0.25) is 0 Å². The highest BCUT2D eigenvalue weighted by atomic mass is 35.5. The number of fused-ring (bicyclic) bond motifs is 5. The SMILES string of the molecule is COC1(OC)[C@@]2(Cl)C(Cl)=C(Cl)[C@]1(Cl)[C@@H]1C(=O)N(Cc3ccc(F)cc3)C(=O)[C@@H]12. The molecule has 2 fully saturated rings. The molecule has 1 heterocycles. The average molecular weight is 469 g/mol. The van der Waals surface area contributed by atoms with Crippen molar-refractivity contribution in [2.45, 2.75) is 22.1 Å². The van der Waals surface area contributed by atoms with Gasteiger partial charge in [-0.3, -0.25) is 14.5 Å². The quantitative estimate of drug-likeness (QED) is 0.385. The highest BCUT2D eigenvalue weighted by molar-refractivity contribution is 6.53. The van der Waals surface area contributed by atoms with Gasteiger partial charge in [-0.05, 0) is 17.7 Å². The molecule has 2 aliphatic carbocycles. The number of hydrogen-bond donors (Lipinski definition) is 0. The van der Waals surface area contributed by atoms with Crippen molar-refractivity contribution in [2.24, 2.45) is 11.8 Å². The number of likely N-dealkylation sites (tertiary alicyclic amines) is 1. The lowest BCUT2D eigenvalue weighted by molar-refractivity contribution is -0.222. The van der Waals surface area contributed by atoms with Crippen molar-refractivity contribution < 1.29 is 23.5 Å². The second-order valence-electron chi connectivity index (χ2n) is 6.92. The molecule has 1 aliphatic heterocycles. The number of imide groups is 1. The molecule has 0 unspecified atom stereocenters. The van der Waals surface area contributed by atoms with Gasteiger partial charge in [-0.15, -0.1) is 23.2 Å². The van der Waals surface area contributed by atoms with Crippen LogP contribution >= 0.6 is 46.4 Å². The molecule has 0 spiro atoms. The zero-order valence-electron chi connectivity index (χ0n) is 14.6. The normalized spacial score (nSPS) is 35.9. The summed E-state index contributed by atoms with van der Waals surface area (Å²) in [6.07, 6.45) is 0. The third-order valence-corrected chi connectivity index (χ3v) is 8.48. The van der Waals surface area contributed by atoms with E-state index in [2.05, 4.69) is 0 Å². The molecule has 1 aromatic rings. The Morgan fingerprint density at radius 3 is 1.79 bits per heavy atom. The number of hydrogen-bond acceptors (Lipinski definition) is 4. The molecule has 2 amide bonds. The van der Waals surface area contributed by atoms with Crippen LogP contribution < -0.4 is 0 Å². The first kappa shape index (κ1) is 20.4. The maximum absolute atomic E-state index is 13.2. The van der Waals surface area contributed by atoms with Gasteiger partial charge in [-0.2, -0.15) is 0 Å². The van der Waals surface area contributed by atoms with Gasteiger partial charge in [0.15, 0.2) is 0 Å². The van der Waals surface area contributed by atoms with Crippen molar-refractivity contribution in [3.8, 4) is 0 Å². The van der Waals surface area contributed by atoms with Crippen LogP contribution in [0.5, 0.6) is 0 Å². The van der Waals surface area contributed by atoms with Gasteiger partial charge in [0.1, 0.15) is 15.6 Å². The van der Waals surface area contributed by atoms with Crippen LogP contribution in [-0.4, -0.2) is 46.5 Å². The Morgan fingerprint density at radius 1 is 0.964 bits per heavy atom. The molecule has 5 nitrogen and oxygen atoms in total. The highest BCUT2D eigenvalue weighted by Gasteiger charge is 2.89. The summed E-state index contributed by atoms with van der Waals surface area (Å²) in [5.41, 5.74) is 0.567. The summed E-state index contributed by atoms with van der Waals surface area (Å²) >= 11 is 26.5. The van der Waals surface area contributed by atoms with E-state index in [4.69, 9.17) is 55.9 Å². The minimum atomic E-state index is -1.81. The van der Waals surface area contributed by atoms with Crippen LogP contribution in [0.1, 0.15) is 5.56 Å². The van der Waals surface area contributed by atoms with E-state index in [1.165, 1.54) is 38.5 Å². The van der Waals surface area contributed by atoms with Gasteiger partial charge >= 0.3 is 0 Å². The van der Waals surface area contributed by atoms with Crippen LogP contribution in [0.4, 0.5) is 4.39 Å². The lowest BCUT2D eigenvalue weighted by Gasteiger charge is -2.42. The summed E-state index contributed by atoms with van der Waals surface area (Å²) in [6.45, 7) is -0.0624. The smallest absolute Gasteiger partial charge is 0.235 e. The van der Waals surface area contributed by atoms with Gasteiger partial charge in [0.25, 0.3) is 0 Å². The van der Waals surface area contributed by atoms with E-state index in [9.17, 15) is 14.0 Å². The molecule has 4 rings (SSSR count). The number of rotatable bonds is 4. The predicted molar refractivity (Wildman–Crippen MR) is 102 cm³/mol. The molecule has 1 saturated carbocycles. The molecular weight excluding hydrogens is 455 g/mol. The molecule has 150 valence electrons. The van der Waals surface area contributed by atoms with Gasteiger partial charge < -0.3 is 9.47 Å². The minimum Gasteiger partial charge on any atom is -0.350 e. The average Bonchev–Trinajstić information content (AvgIpc) is 3.08. The number of carbonyl (C=O) groups is 2. The number of halogens is 5. The molecule has 10 heteroatoms. The third-order valence-electron chi connectivity index (χ3n) is 5.87. The number of methoxy groups -OCH3 is 2. The summed E-state index contributed by atoms with van der Waals surface area (Å²) < 4.78 is 24.2. The Labute approximate surface area is 180 Å². The number of alkyl halides is 2. The van der Waals surface area contributed by atoms with Crippen LogP contribution in [0, 0.1) is 17.7 Å². The number of carbonyl (C=O) groups excluding carboxylic acids is 2. The van der Waals surface area contributed by atoms with E-state index in [0.29, 0.717) is 5.56 Å². The van der Waals surface area contributed by atoms with Crippen molar-refractivity contribution >= 4 is 58.2 Å². The Hall–Kier alpha value is -0.890. The monoisotopic (exact) mass is 467 g/mol. The van der Waals surface area contributed by atoms with E-state index < -0.39 is 45.0 Å². The number of amides is 2. The summed E-state index contributed by atoms with van der Waals surface area (Å²) in [6, 6.07) is 5.46. The van der Waals surface area contributed by atoms with Gasteiger partial charge in [0.2, 0.25) is 17.6 Å². The highest BCUT2D eigenvalue weighted by Crippen LogP contribution is 2.75. The minimum absolute atomic E-state index is 0.0624. The van der Waals surface area contributed by atoms with E-state index in [1.807, 2.05) is 0 Å². The third kappa shape index (κ3) is 2.02. The molecule has 0 radical (unpaired) electrons. The van der Waals surface area contributed by atoms with Crippen molar-refractivity contribution in [3.63, 3.8) is 0 Å². The lowest BCUT2D eigenvalue weighted by atomic mass is 9.84. The maximum atomic E-state index is 13.2. The van der Waals surface area contributed by atoms with Crippen LogP contribution in [0.25, 0.3) is 0 Å². The zero-order valence-corrected chi connectivity index (χ0v) is 17.7. The Bertz CT molecular complexity index is 873. The predicted octanol–water partition coefficient (Wildman–Crippen LogP) is 3.59. The molecule has 4 atom stereocenters. The Kier molecular flexibility index (Phi) is 4.59. The largest absolute Gasteiger partial charge is 0.350 e. The zero-order chi connectivity index (χ0) is 20.6. The van der Waals surface area contributed by atoms with E-state index >= 15 is 0 Å². The number of nitrogens with zero attached hydrogens (tertiary/aromatic N) is 1. The second kappa shape index (κ2) is 6.30. The molecule has 0 aromatic heterocycles. The molecule has 0 N–H and O–H groups in total. The molecule has 2 bridgehead atoms. The summed E-state index contributed by atoms with van der Waals surface area (Å²) in [4.78, 5) is 24.0. The van der Waals surface area contributed by atoms with Crippen LogP contribution in [0.15, 0.2) is 34.3 Å². The number of benzene rings is 1. The fourth-order valence-electron chi connectivity index (χ4n) is 4.69. The van der Waals surface area contributed by atoms with Crippen molar-refractivity contribution in [3.05, 3.63) is 45.7 Å². The van der Waals surface area contributed by atoms with Crippen LogP contribution in [-0.2, 0) is 25.6 Å². The molecular formula is C18H14Cl4FNO4. The van der Waals surface area contributed by atoms with Crippen molar-refractivity contribution in [1.29, 1.82) is 0 Å². The first-order chi connectivity index (χ1) is 13.1. The summed E-state index contributed by atoms with van der Waals surface area (Å²) in [5.74, 6) is -5.64. The number of ether oxygens (including phenoxy) is 2. The van der Waals surface area contributed by atoms with Crippen molar-refractivity contribution in [1.82, 2.24) is 4.90 Å². The molecule has 28 heavy (non-hydrogen) atoms. The Morgan fingerprint density at radius 2 is 1.39 bits per heavy atom. The fourth-order valence-corrected chi connectivity index (χ4v) is 6.85. The fraction of sp³-hybridized carbons (Fsp3) is 0.444. The van der Waals surface area contributed by atoms with E-state index in [-0.39, 0.29) is 16.6 Å². The second-order valence-corrected chi connectivity index (χ2v) is 8.87. The van der Waals surface area contributed by atoms with Gasteiger partial charge in [-0.1, -0.05) is 35.3 Å². The first-order valence-corrected chi connectivity index (χ1v) is 9.77. The lowest BCUT2D eigenvalue weighted by Crippen LogP contribution is -2.60. The summed E-state index contributed by atoms with van der Waals surface area (Å²) in [5, 5.41) is -0.166. The molecule has 1 saturated heterocycles. The maximum Gasteiger partial charge on any atom is 0.235 e. The van der Waals surface area contributed by atoms with E-state index in [0.717, 1.165) is 4.90 Å². The van der Waals surface area contributed by atoms with Gasteiger partial charge in [0, 0.05) is 14.2 Å². The molecule has 3 aliphatic rings.